The Labute approximate surface area is 127 Å². The molecule has 1 aromatic heterocycles. The fraction of sp³-hybridized carbons (Fsp3) is 0.615. The smallest absolute Gasteiger partial charge is 0.393 e. The normalized spacial score (nSPS) is 17.0. The molecule has 126 valence electrons. The minimum atomic E-state index is -4.62. The standard InChI is InChI=1S/C13H19F3N2O3S/c1-4-12(3,9(2)19)8-18-22(20,21)10-5-6-11(17-7-10)13(14,15)16/h5-7,9,18-19H,4,8H2,1-3H3/t9-,12-/m1/s1. The zero-order chi connectivity index (χ0) is 17.2. The van der Waals surface area contributed by atoms with Crippen LogP contribution in [-0.2, 0) is 16.2 Å². The molecule has 1 rings (SSSR count). The molecule has 1 heterocycles. The van der Waals surface area contributed by atoms with E-state index >= 15 is 0 Å². The number of aliphatic hydroxyl groups excluding tert-OH is 1. The number of pyridine rings is 1. The lowest BCUT2D eigenvalue weighted by atomic mass is 9.83. The first-order chi connectivity index (χ1) is 9.92. The van der Waals surface area contributed by atoms with E-state index in [9.17, 15) is 26.7 Å². The number of alkyl halides is 3. The first kappa shape index (κ1) is 18.9. The van der Waals surface area contributed by atoms with Gasteiger partial charge < -0.3 is 5.11 Å². The van der Waals surface area contributed by atoms with Gasteiger partial charge in [-0.3, -0.25) is 4.98 Å². The Bertz CT molecular complexity index is 600. The molecule has 0 unspecified atom stereocenters. The molecule has 0 radical (unpaired) electrons. The van der Waals surface area contributed by atoms with E-state index in [1.807, 2.05) is 0 Å². The Kier molecular flexibility index (Phi) is 5.58. The van der Waals surface area contributed by atoms with Crippen molar-refractivity contribution in [1.82, 2.24) is 9.71 Å². The molecular formula is C13H19F3N2O3S. The summed E-state index contributed by atoms with van der Waals surface area (Å²) in [6.45, 7) is 5.04. The molecule has 1 aromatic rings. The zero-order valence-electron chi connectivity index (χ0n) is 12.5. The van der Waals surface area contributed by atoms with Crippen molar-refractivity contribution in [2.24, 2.45) is 5.41 Å². The number of nitrogens with one attached hydrogen (secondary N) is 1. The molecule has 0 saturated heterocycles. The van der Waals surface area contributed by atoms with Gasteiger partial charge in [0.25, 0.3) is 0 Å². The molecule has 0 spiro atoms. The summed E-state index contributed by atoms with van der Waals surface area (Å²) in [6, 6.07) is 1.46. The Balaban J connectivity index is 2.92. The summed E-state index contributed by atoms with van der Waals surface area (Å²) in [6.07, 6.45) is -4.18. The van der Waals surface area contributed by atoms with Crippen LogP contribution >= 0.6 is 0 Å². The van der Waals surface area contributed by atoms with E-state index in [1.54, 1.807) is 20.8 Å². The van der Waals surface area contributed by atoms with Gasteiger partial charge >= 0.3 is 6.18 Å². The van der Waals surface area contributed by atoms with Gasteiger partial charge in [0, 0.05) is 18.2 Å². The van der Waals surface area contributed by atoms with Crippen molar-refractivity contribution in [1.29, 1.82) is 0 Å². The highest BCUT2D eigenvalue weighted by Gasteiger charge is 2.33. The lowest BCUT2D eigenvalue weighted by Gasteiger charge is -2.31. The van der Waals surface area contributed by atoms with Crippen LogP contribution < -0.4 is 4.72 Å². The highest BCUT2D eigenvalue weighted by Crippen LogP contribution is 2.28. The van der Waals surface area contributed by atoms with Crippen molar-refractivity contribution in [3.8, 4) is 0 Å². The second-order valence-electron chi connectivity index (χ2n) is 5.39. The molecule has 22 heavy (non-hydrogen) atoms. The van der Waals surface area contributed by atoms with Crippen molar-refractivity contribution in [3.63, 3.8) is 0 Å². The summed E-state index contributed by atoms with van der Waals surface area (Å²) in [5, 5.41) is 9.69. The van der Waals surface area contributed by atoms with Crippen LogP contribution in [-0.4, -0.2) is 31.2 Å². The van der Waals surface area contributed by atoms with Crippen molar-refractivity contribution in [3.05, 3.63) is 24.0 Å². The predicted molar refractivity (Wildman–Crippen MR) is 74.5 cm³/mol. The highest BCUT2D eigenvalue weighted by atomic mass is 32.2. The number of halogens is 3. The van der Waals surface area contributed by atoms with E-state index < -0.39 is 33.4 Å². The van der Waals surface area contributed by atoms with Crippen LogP contribution in [0.15, 0.2) is 23.2 Å². The number of aliphatic hydroxyl groups is 1. The largest absolute Gasteiger partial charge is 0.433 e. The van der Waals surface area contributed by atoms with E-state index in [4.69, 9.17) is 0 Å². The Morgan fingerprint density at radius 3 is 2.32 bits per heavy atom. The summed E-state index contributed by atoms with van der Waals surface area (Å²) in [5.74, 6) is 0. The van der Waals surface area contributed by atoms with Gasteiger partial charge in [0.1, 0.15) is 10.6 Å². The van der Waals surface area contributed by atoms with Crippen LogP contribution in [0.5, 0.6) is 0 Å². The van der Waals surface area contributed by atoms with Gasteiger partial charge in [-0.2, -0.15) is 13.2 Å². The third-order valence-corrected chi connectivity index (χ3v) is 5.21. The second kappa shape index (κ2) is 6.51. The van der Waals surface area contributed by atoms with E-state index in [0.717, 1.165) is 6.07 Å². The molecule has 0 aliphatic carbocycles. The Morgan fingerprint density at radius 2 is 1.95 bits per heavy atom. The topological polar surface area (TPSA) is 79.3 Å². The minimum Gasteiger partial charge on any atom is -0.393 e. The Hall–Kier alpha value is -1.19. The SMILES string of the molecule is CC[C@](C)(CNS(=O)(=O)c1ccc(C(F)(F)F)nc1)[C@@H](C)O. The van der Waals surface area contributed by atoms with Crippen molar-refractivity contribution < 1.29 is 26.7 Å². The maximum Gasteiger partial charge on any atom is 0.433 e. The van der Waals surface area contributed by atoms with Crippen LogP contribution in [0.25, 0.3) is 0 Å². The maximum absolute atomic E-state index is 12.4. The molecule has 0 aliphatic rings. The van der Waals surface area contributed by atoms with E-state index in [-0.39, 0.29) is 11.4 Å². The lowest BCUT2D eigenvalue weighted by molar-refractivity contribution is -0.141. The summed E-state index contributed by atoms with van der Waals surface area (Å²) >= 11 is 0. The van der Waals surface area contributed by atoms with Crippen LogP contribution in [0, 0.1) is 5.41 Å². The van der Waals surface area contributed by atoms with Gasteiger partial charge in [-0.1, -0.05) is 13.8 Å². The Morgan fingerprint density at radius 1 is 1.36 bits per heavy atom. The molecule has 0 amide bonds. The number of rotatable bonds is 6. The van der Waals surface area contributed by atoms with Gasteiger partial charge in [0.2, 0.25) is 10.0 Å². The molecule has 0 bridgehead atoms. The lowest BCUT2D eigenvalue weighted by Crippen LogP contribution is -2.41. The fourth-order valence-corrected chi connectivity index (χ4v) is 2.74. The van der Waals surface area contributed by atoms with Gasteiger partial charge in [-0.15, -0.1) is 0 Å². The summed E-state index contributed by atoms with van der Waals surface area (Å²) in [7, 11) is -3.99. The molecule has 0 fully saturated rings. The highest BCUT2D eigenvalue weighted by molar-refractivity contribution is 7.89. The number of hydrogen-bond acceptors (Lipinski definition) is 4. The molecule has 5 nitrogen and oxygen atoms in total. The van der Waals surface area contributed by atoms with Crippen molar-refractivity contribution in [2.45, 2.75) is 44.4 Å². The second-order valence-corrected chi connectivity index (χ2v) is 7.15. The summed E-state index contributed by atoms with van der Waals surface area (Å²) in [4.78, 5) is 2.77. The van der Waals surface area contributed by atoms with Gasteiger partial charge in [-0.05, 0) is 25.5 Å². The third-order valence-electron chi connectivity index (χ3n) is 3.82. The van der Waals surface area contributed by atoms with Crippen LogP contribution in [0.2, 0.25) is 0 Å². The molecule has 2 N–H and O–H groups in total. The summed E-state index contributed by atoms with van der Waals surface area (Å²) < 4.78 is 63.6. The summed E-state index contributed by atoms with van der Waals surface area (Å²) in [5.41, 5.74) is -1.83. The molecule has 0 aliphatic heterocycles. The van der Waals surface area contributed by atoms with Crippen molar-refractivity contribution >= 4 is 10.0 Å². The van der Waals surface area contributed by atoms with E-state index in [2.05, 4.69) is 9.71 Å². The van der Waals surface area contributed by atoms with E-state index in [0.29, 0.717) is 18.7 Å². The third kappa shape index (κ3) is 4.40. The molecular weight excluding hydrogens is 321 g/mol. The monoisotopic (exact) mass is 340 g/mol. The molecule has 0 aromatic carbocycles. The molecule has 2 atom stereocenters. The average molecular weight is 340 g/mol. The first-order valence-electron chi connectivity index (χ1n) is 6.63. The van der Waals surface area contributed by atoms with Crippen molar-refractivity contribution in [2.75, 3.05) is 6.54 Å². The predicted octanol–water partition coefficient (Wildman–Crippen LogP) is 2.18. The number of nitrogens with zero attached hydrogens (tertiary/aromatic N) is 1. The maximum atomic E-state index is 12.4. The van der Waals surface area contributed by atoms with Gasteiger partial charge in [0.05, 0.1) is 6.10 Å². The zero-order valence-corrected chi connectivity index (χ0v) is 13.3. The van der Waals surface area contributed by atoms with Gasteiger partial charge in [-0.25, -0.2) is 13.1 Å². The van der Waals surface area contributed by atoms with Gasteiger partial charge in [0.15, 0.2) is 0 Å². The minimum absolute atomic E-state index is 0.0372. The quantitative estimate of drug-likeness (QED) is 0.832. The van der Waals surface area contributed by atoms with Crippen LogP contribution in [0.1, 0.15) is 32.9 Å². The number of sulfonamides is 1. The molecule has 9 heteroatoms. The van der Waals surface area contributed by atoms with Crippen LogP contribution in [0.3, 0.4) is 0 Å². The first-order valence-corrected chi connectivity index (χ1v) is 8.11. The van der Waals surface area contributed by atoms with E-state index in [1.165, 1.54) is 0 Å². The molecule has 0 saturated carbocycles. The fourth-order valence-electron chi connectivity index (χ4n) is 1.62. The average Bonchev–Trinajstić information content (AvgIpc) is 2.44. The number of hydrogen-bond donors (Lipinski definition) is 2. The van der Waals surface area contributed by atoms with Crippen LogP contribution in [0.4, 0.5) is 13.2 Å². The number of aromatic nitrogens is 1.